The molecule has 2 atom stereocenters. The number of rotatable bonds is 7. The largest absolute Gasteiger partial charge is 0.467 e. The van der Waals surface area contributed by atoms with Gasteiger partial charge in [0.05, 0.1) is 7.11 Å². The maximum Gasteiger partial charge on any atom is 0.328 e. The first-order valence-electron chi connectivity index (χ1n) is 8.45. The van der Waals surface area contributed by atoms with E-state index in [9.17, 15) is 9.59 Å². The summed E-state index contributed by atoms with van der Waals surface area (Å²) >= 11 is 0. The summed E-state index contributed by atoms with van der Waals surface area (Å²) in [5.74, 6) is -0.669. The van der Waals surface area contributed by atoms with Gasteiger partial charge >= 0.3 is 5.97 Å². The highest BCUT2D eigenvalue weighted by Crippen LogP contribution is 2.15. The number of ether oxygens (including phenoxy) is 1. The summed E-state index contributed by atoms with van der Waals surface area (Å²) in [6.07, 6.45) is 1.08. The normalized spacial score (nSPS) is 12.9. The lowest BCUT2D eigenvalue weighted by Crippen LogP contribution is -2.46. The number of carbonyl (C=O) groups excluding carboxylic acids is 2. The van der Waals surface area contributed by atoms with Crippen LogP contribution in [0.4, 0.5) is 0 Å². The number of likely N-dealkylation sites (N-methyl/N-ethyl adjacent to an activating group) is 1. The van der Waals surface area contributed by atoms with Crippen molar-refractivity contribution in [1.29, 1.82) is 0 Å². The average molecular weight is 339 g/mol. The van der Waals surface area contributed by atoms with Crippen LogP contribution in [-0.4, -0.2) is 37.0 Å². The number of nitrogens with zero attached hydrogens (tertiary/aromatic N) is 1. The van der Waals surface area contributed by atoms with Gasteiger partial charge in [-0.1, -0.05) is 67.6 Å². The van der Waals surface area contributed by atoms with Crippen LogP contribution < -0.4 is 0 Å². The van der Waals surface area contributed by atoms with Crippen LogP contribution in [0.3, 0.4) is 0 Å². The highest BCUT2D eigenvalue weighted by molar-refractivity contribution is 5.85. The molecule has 0 aromatic heterocycles. The molecule has 25 heavy (non-hydrogen) atoms. The Balaban J connectivity index is 2.10. The zero-order valence-corrected chi connectivity index (χ0v) is 15.0. The minimum atomic E-state index is -0.627. The molecule has 2 rings (SSSR count). The zero-order chi connectivity index (χ0) is 18.2. The van der Waals surface area contributed by atoms with Crippen LogP contribution in [0.2, 0.25) is 0 Å². The maximum atomic E-state index is 12.8. The standard InChI is InChI=1S/C21H25NO3/c1-16(14-17-10-6-4-7-11-17)20(23)22(2)19(21(24)25-3)15-18-12-8-5-9-13-18/h4-13,16,19H,14-15H2,1-3H3/t16-,19-/m0/s1. The molecule has 0 saturated heterocycles. The average Bonchev–Trinajstić information content (AvgIpc) is 2.66. The third-order valence-corrected chi connectivity index (χ3v) is 4.37. The van der Waals surface area contributed by atoms with E-state index >= 15 is 0 Å². The fraction of sp³-hybridized carbons (Fsp3) is 0.333. The molecular formula is C21H25NO3. The lowest BCUT2D eigenvalue weighted by molar-refractivity contribution is -0.153. The molecule has 0 aliphatic carbocycles. The third-order valence-electron chi connectivity index (χ3n) is 4.37. The van der Waals surface area contributed by atoms with E-state index in [4.69, 9.17) is 4.74 Å². The van der Waals surface area contributed by atoms with Crippen LogP contribution >= 0.6 is 0 Å². The summed E-state index contributed by atoms with van der Waals surface area (Å²) in [6.45, 7) is 1.89. The van der Waals surface area contributed by atoms with Crippen LogP contribution in [0.1, 0.15) is 18.1 Å². The van der Waals surface area contributed by atoms with Gasteiger partial charge in [-0.15, -0.1) is 0 Å². The highest BCUT2D eigenvalue weighted by atomic mass is 16.5. The summed E-state index contributed by atoms with van der Waals surface area (Å²) in [7, 11) is 3.03. The van der Waals surface area contributed by atoms with Crippen LogP contribution in [0.15, 0.2) is 60.7 Å². The summed E-state index contributed by atoms with van der Waals surface area (Å²) < 4.78 is 4.92. The minimum absolute atomic E-state index is 0.0600. The molecule has 0 fully saturated rings. The fourth-order valence-electron chi connectivity index (χ4n) is 2.91. The molecule has 0 radical (unpaired) electrons. The fourth-order valence-corrected chi connectivity index (χ4v) is 2.91. The van der Waals surface area contributed by atoms with Gasteiger partial charge in [-0.05, 0) is 17.5 Å². The Morgan fingerprint density at radius 2 is 1.40 bits per heavy atom. The molecule has 0 heterocycles. The van der Waals surface area contributed by atoms with Gasteiger partial charge in [0.25, 0.3) is 0 Å². The SMILES string of the molecule is COC(=O)[C@H](Cc1ccccc1)N(C)C(=O)[C@@H](C)Cc1ccccc1. The predicted molar refractivity (Wildman–Crippen MR) is 98.0 cm³/mol. The van der Waals surface area contributed by atoms with E-state index < -0.39 is 12.0 Å². The van der Waals surface area contributed by atoms with Crippen LogP contribution in [0, 0.1) is 5.92 Å². The lowest BCUT2D eigenvalue weighted by atomic mass is 9.98. The summed E-state index contributed by atoms with van der Waals surface area (Å²) in [4.78, 5) is 26.6. The molecule has 0 aliphatic heterocycles. The summed E-state index contributed by atoms with van der Waals surface area (Å²) in [5.41, 5.74) is 2.10. The Bertz CT molecular complexity index is 685. The van der Waals surface area contributed by atoms with Gasteiger partial charge in [0.1, 0.15) is 6.04 Å². The molecular weight excluding hydrogens is 314 g/mol. The molecule has 0 spiro atoms. The van der Waals surface area contributed by atoms with E-state index in [1.807, 2.05) is 67.6 Å². The van der Waals surface area contributed by atoms with Crippen molar-refractivity contribution in [2.24, 2.45) is 5.92 Å². The van der Waals surface area contributed by atoms with Gasteiger partial charge in [-0.2, -0.15) is 0 Å². The van der Waals surface area contributed by atoms with Crippen molar-refractivity contribution < 1.29 is 14.3 Å². The molecule has 1 amide bonds. The molecule has 0 aliphatic rings. The zero-order valence-electron chi connectivity index (χ0n) is 15.0. The number of hydrogen-bond acceptors (Lipinski definition) is 3. The second-order valence-corrected chi connectivity index (χ2v) is 6.27. The number of methoxy groups -OCH3 is 1. The van der Waals surface area contributed by atoms with Crippen LogP contribution in [-0.2, 0) is 27.2 Å². The lowest BCUT2D eigenvalue weighted by Gasteiger charge is -2.28. The maximum absolute atomic E-state index is 12.8. The van der Waals surface area contributed by atoms with Gasteiger partial charge in [0.2, 0.25) is 5.91 Å². The first-order chi connectivity index (χ1) is 12.0. The quantitative estimate of drug-likeness (QED) is 0.728. The molecule has 0 unspecified atom stereocenters. The van der Waals surface area contributed by atoms with Crippen LogP contribution in [0.25, 0.3) is 0 Å². The van der Waals surface area contributed by atoms with Crippen LogP contribution in [0.5, 0.6) is 0 Å². The molecule has 4 nitrogen and oxygen atoms in total. The molecule has 0 bridgehead atoms. The first kappa shape index (κ1) is 18.7. The number of esters is 1. The first-order valence-corrected chi connectivity index (χ1v) is 8.45. The van der Waals surface area contributed by atoms with Gasteiger partial charge in [-0.25, -0.2) is 4.79 Å². The smallest absolute Gasteiger partial charge is 0.328 e. The molecule has 0 saturated carbocycles. The highest BCUT2D eigenvalue weighted by Gasteiger charge is 2.30. The van der Waals surface area contributed by atoms with Gasteiger partial charge < -0.3 is 9.64 Å². The van der Waals surface area contributed by atoms with Crippen molar-refractivity contribution in [3.8, 4) is 0 Å². The number of amides is 1. The van der Waals surface area contributed by atoms with E-state index in [-0.39, 0.29) is 11.8 Å². The Labute approximate surface area is 149 Å². The van der Waals surface area contributed by atoms with Gasteiger partial charge in [0, 0.05) is 19.4 Å². The molecule has 4 heteroatoms. The summed E-state index contributed by atoms with van der Waals surface area (Å²) in [5, 5.41) is 0. The Hall–Kier alpha value is -2.62. The monoisotopic (exact) mass is 339 g/mol. The topological polar surface area (TPSA) is 46.6 Å². The van der Waals surface area contributed by atoms with Crippen molar-refractivity contribution in [2.45, 2.75) is 25.8 Å². The minimum Gasteiger partial charge on any atom is -0.467 e. The predicted octanol–water partition coefficient (Wildman–Crippen LogP) is 3.11. The molecule has 2 aromatic rings. The summed E-state index contributed by atoms with van der Waals surface area (Å²) in [6, 6.07) is 18.9. The molecule has 0 N–H and O–H groups in total. The molecule has 132 valence electrons. The molecule has 2 aromatic carbocycles. The van der Waals surface area contributed by atoms with Crippen molar-refractivity contribution in [1.82, 2.24) is 4.90 Å². The van der Waals surface area contributed by atoms with E-state index in [1.54, 1.807) is 7.05 Å². The van der Waals surface area contributed by atoms with Crippen molar-refractivity contribution in [3.63, 3.8) is 0 Å². The number of hydrogen-bond donors (Lipinski definition) is 0. The van der Waals surface area contributed by atoms with Crippen molar-refractivity contribution >= 4 is 11.9 Å². The Kier molecular flexibility index (Phi) is 6.75. The van der Waals surface area contributed by atoms with Gasteiger partial charge in [0.15, 0.2) is 0 Å². The second-order valence-electron chi connectivity index (χ2n) is 6.27. The Morgan fingerprint density at radius 3 is 1.88 bits per heavy atom. The van der Waals surface area contributed by atoms with Crippen molar-refractivity contribution in [3.05, 3.63) is 71.8 Å². The van der Waals surface area contributed by atoms with Gasteiger partial charge in [-0.3, -0.25) is 4.79 Å². The van der Waals surface area contributed by atoms with E-state index in [2.05, 4.69) is 0 Å². The number of carbonyl (C=O) groups is 2. The second kappa shape index (κ2) is 9.02. The third kappa shape index (κ3) is 5.18. The van der Waals surface area contributed by atoms with E-state index in [0.29, 0.717) is 12.8 Å². The van der Waals surface area contributed by atoms with E-state index in [1.165, 1.54) is 12.0 Å². The number of benzene rings is 2. The Morgan fingerprint density at radius 1 is 0.920 bits per heavy atom. The van der Waals surface area contributed by atoms with E-state index in [0.717, 1.165) is 11.1 Å². The van der Waals surface area contributed by atoms with Crippen molar-refractivity contribution in [2.75, 3.05) is 14.2 Å².